The number of carbonyl (C=O) groups is 2. The van der Waals surface area contributed by atoms with Gasteiger partial charge in [0.1, 0.15) is 5.75 Å². The van der Waals surface area contributed by atoms with E-state index in [1.54, 1.807) is 14.0 Å². The topological polar surface area (TPSA) is 61.9 Å². The van der Waals surface area contributed by atoms with Gasteiger partial charge in [-0.1, -0.05) is 18.2 Å². The van der Waals surface area contributed by atoms with E-state index in [1.807, 2.05) is 59.2 Å². The second-order valence-corrected chi connectivity index (χ2v) is 7.94. The van der Waals surface area contributed by atoms with Gasteiger partial charge < -0.3 is 19.9 Å². The Hall–Kier alpha value is -3.02. The molecule has 2 aromatic carbocycles. The third kappa shape index (κ3) is 5.32. The fourth-order valence-electron chi connectivity index (χ4n) is 3.80. The summed E-state index contributed by atoms with van der Waals surface area (Å²) in [6.45, 7) is 7.55. The molecule has 6 heteroatoms. The smallest absolute Gasteiger partial charge is 0.322 e. The summed E-state index contributed by atoms with van der Waals surface area (Å²) in [6, 6.07) is 13.7. The quantitative estimate of drug-likeness (QED) is 0.798. The predicted molar refractivity (Wildman–Crippen MR) is 119 cm³/mol. The Labute approximate surface area is 178 Å². The van der Waals surface area contributed by atoms with E-state index >= 15 is 0 Å². The number of nitrogens with one attached hydrogen (secondary N) is 1. The molecule has 6 nitrogen and oxygen atoms in total. The zero-order chi connectivity index (χ0) is 21.7. The van der Waals surface area contributed by atoms with Gasteiger partial charge in [-0.3, -0.25) is 4.79 Å². The SMILES string of the molecule is COc1ccc(CN(C(=O)Nc2ccc(C)c(C)c2)C2CCN(C(C)=O)CC2)cc1. The molecule has 1 heterocycles. The van der Waals surface area contributed by atoms with Crippen LogP contribution in [0.25, 0.3) is 0 Å². The third-order valence-electron chi connectivity index (χ3n) is 5.88. The van der Waals surface area contributed by atoms with Crippen molar-refractivity contribution in [2.24, 2.45) is 0 Å². The molecule has 0 atom stereocenters. The Bertz CT molecular complexity index is 887. The first kappa shape index (κ1) is 21.7. The number of hydrogen-bond donors (Lipinski definition) is 1. The van der Waals surface area contributed by atoms with Gasteiger partial charge in [0, 0.05) is 38.3 Å². The van der Waals surface area contributed by atoms with Gasteiger partial charge in [0.05, 0.1) is 7.11 Å². The van der Waals surface area contributed by atoms with Gasteiger partial charge in [0.25, 0.3) is 0 Å². The second kappa shape index (κ2) is 9.65. The molecule has 3 rings (SSSR count). The number of carbonyl (C=O) groups excluding carboxylic acids is 2. The summed E-state index contributed by atoms with van der Waals surface area (Å²) in [6.07, 6.45) is 1.55. The highest BCUT2D eigenvalue weighted by Gasteiger charge is 2.29. The van der Waals surface area contributed by atoms with Crippen LogP contribution < -0.4 is 10.1 Å². The van der Waals surface area contributed by atoms with E-state index < -0.39 is 0 Å². The van der Waals surface area contributed by atoms with Crippen LogP contribution in [0.4, 0.5) is 10.5 Å². The molecule has 0 aliphatic carbocycles. The first-order chi connectivity index (χ1) is 14.4. The van der Waals surface area contributed by atoms with Gasteiger partial charge in [-0.05, 0) is 67.6 Å². The van der Waals surface area contributed by atoms with E-state index in [0.717, 1.165) is 35.4 Å². The van der Waals surface area contributed by atoms with E-state index in [4.69, 9.17) is 4.74 Å². The lowest BCUT2D eigenvalue weighted by Crippen LogP contribution is -2.49. The second-order valence-electron chi connectivity index (χ2n) is 7.94. The maximum Gasteiger partial charge on any atom is 0.322 e. The normalized spacial score (nSPS) is 14.3. The molecule has 3 amide bonds. The molecule has 30 heavy (non-hydrogen) atoms. The number of ether oxygens (including phenoxy) is 1. The van der Waals surface area contributed by atoms with E-state index in [-0.39, 0.29) is 18.0 Å². The van der Waals surface area contributed by atoms with Crippen LogP contribution in [0.15, 0.2) is 42.5 Å². The average Bonchev–Trinajstić information content (AvgIpc) is 2.75. The number of likely N-dealkylation sites (tertiary alicyclic amines) is 1. The molecule has 0 radical (unpaired) electrons. The molecule has 1 N–H and O–H groups in total. The summed E-state index contributed by atoms with van der Waals surface area (Å²) in [5.74, 6) is 0.884. The van der Waals surface area contributed by atoms with Crippen LogP contribution in [0.3, 0.4) is 0 Å². The number of amides is 3. The van der Waals surface area contributed by atoms with E-state index in [2.05, 4.69) is 12.2 Å². The van der Waals surface area contributed by atoms with Gasteiger partial charge >= 0.3 is 6.03 Å². The standard InChI is InChI=1S/C24H31N3O3/c1-17-5-8-21(15-18(17)2)25-24(29)27(16-20-6-9-23(30-4)10-7-20)22-11-13-26(14-12-22)19(3)28/h5-10,15,22H,11-14,16H2,1-4H3,(H,25,29). The lowest BCUT2D eigenvalue weighted by atomic mass is 10.0. The van der Waals surface area contributed by atoms with Crippen LogP contribution >= 0.6 is 0 Å². The van der Waals surface area contributed by atoms with Crippen molar-refractivity contribution < 1.29 is 14.3 Å². The number of piperidine rings is 1. The Morgan fingerprint density at radius 1 is 1.07 bits per heavy atom. The highest BCUT2D eigenvalue weighted by molar-refractivity contribution is 5.89. The minimum atomic E-state index is -0.115. The maximum atomic E-state index is 13.3. The van der Waals surface area contributed by atoms with Gasteiger partial charge in [0.15, 0.2) is 0 Å². The highest BCUT2D eigenvalue weighted by atomic mass is 16.5. The summed E-state index contributed by atoms with van der Waals surface area (Å²) in [4.78, 5) is 28.7. The van der Waals surface area contributed by atoms with Gasteiger partial charge in [0.2, 0.25) is 5.91 Å². The van der Waals surface area contributed by atoms with Crippen molar-refractivity contribution in [1.29, 1.82) is 0 Å². The van der Waals surface area contributed by atoms with Crippen LogP contribution in [0.1, 0.15) is 36.5 Å². The molecular formula is C24H31N3O3. The number of methoxy groups -OCH3 is 1. The van der Waals surface area contributed by atoms with Crippen molar-refractivity contribution in [3.05, 3.63) is 59.2 Å². The highest BCUT2D eigenvalue weighted by Crippen LogP contribution is 2.22. The molecule has 0 spiro atoms. The number of rotatable bonds is 5. The lowest BCUT2D eigenvalue weighted by Gasteiger charge is -2.38. The molecule has 1 fully saturated rings. The molecule has 0 saturated carbocycles. The van der Waals surface area contributed by atoms with Crippen molar-refractivity contribution in [1.82, 2.24) is 9.80 Å². The van der Waals surface area contributed by atoms with Crippen LogP contribution in [-0.2, 0) is 11.3 Å². The maximum absolute atomic E-state index is 13.3. The van der Waals surface area contributed by atoms with Crippen molar-refractivity contribution in [2.75, 3.05) is 25.5 Å². The fourth-order valence-corrected chi connectivity index (χ4v) is 3.80. The van der Waals surface area contributed by atoms with Crippen molar-refractivity contribution in [3.8, 4) is 5.75 Å². The molecule has 0 aromatic heterocycles. The number of anilines is 1. The number of hydrogen-bond acceptors (Lipinski definition) is 3. The van der Waals surface area contributed by atoms with Crippen LogP contribution in [0.5, 0.6) is 5.75 Å². The summed E-state index contributed by atoms with van der Waals surface area (Å²) < 4.78 is 5.24. The molecule has 0 unspecified atom stereocenters. The first-order valence-corrected chi connectivity index (χ1v) is 10.4. The molecule has 1 saturated heterocycles. The third-order valence-corrected chi connectivity index (χ3v) is 5.88. The van der Waals surface area contributed by atoms with Gasteiger partial charge in [-0.25, -0.2) is 4.79 Å². The first-order valence-electron chi connectivity index (χ1n) is 10.4. The Kier molecular flexibility index (Phi) is 6.98. The van der Waals surface area contributed by atoms with Gasteiger partial charge in [-0.15, -0.1) is 0 Å². The van der Waals surface area contributed by atoms with Crippen LogP contribution in [0, 0.1) is 13.8 Å². The van der Waals surface area contributed by atoms with Gasteiger partial charge in [-0.2, -0.15) is 0 Å². The number of aryl methyl sites for hydroxylation is 2. The zero-order valence-corrected chi connectivity index (χ0v) is 18.3. The van der Waals surface area contributed by atoms with E-state index in [0.29, 0.717) is 19.6 Å². The average molecular weight is 410 g/mol. The summed E-state index contributed by atoms with van der Waals surface area (Å²) >= 11 is 0. The minimum absolute atomic E-state index is 0.0780. The molecule has 1 aliphatic heterocycles. The molecule has 2 aromatic rings. The van der Waals surface area contributed by atoms with E-state index in [1.165, 1.54) is 5.56 Å². The Balaban J connectivity index is 1.77. The zero-order valence-electron chi connectivity index (χ0n) is 18.3. The molecule has 0 bridgehead atoms. The minimum Gasteiger partial charge on any atom is -0.497 e. The predicted octanol–water partition coefficient (Wildman–Crippen LogP) is 4.36. The van der Waals surface area contributed by atoms with Crippen LogP contribution in [-0.4, -0.2) is 48.0 Å². The molecule has 1 aliphatic rings. The van der Waals surface area contributed by atoms with Crippen molar-refractivity contribution >= 4 is 17.6 Å². The van der Waals surface area contributed by atoms with Crippen molar-refractivity contribution in [3.63, 3.8) is 0 Å². The van der Waals surface area contributed by atoms with Crippen LogP contribution in [0.2, 0.25) is 0 Å². The number of nitrogens with zero attached hydrogens (tertiary/aromatic N) is 2. The van der Waals surface area contributed by atoms with Crippen molar-refractivity contribution in [2.45, 2.75) is 46.2 Å². The molecular weight excluding hydrogens is 378 g/mol. The molecule has 160 valence electrons. The summed E-state index contributed by atoms with van der Waals surface area (Å²) in [5.41, 5.74) is 4.17. The fraction of sp³-hybridized carbons (Fsp3) is 0.417. The monoisotopic (exact) mass is 409 g/mol. The Morgan fingerprint density at radius 2 is 1.73 bits per heavy atom. The number of benzene rings is 2. The summed E-state index contributed by atoms with van der Waals surface area (Å²) in [5, 5.41) is 3.07. The largest absolute Gasteiger partial charge is 0.497 e. The van der Waals surface area contributed by atoms with E-state index in [9.17, 15) is 9.59 Å². The summed E-state index contributed by atoms with van der Waals surface area (Å²) in [7, 11) is 1.64. The Morgan fingerprint density at radius 3 is 2.30 bits per heavy atom. The number of urea groups is 1. The lowest BCUT2D eigenvalue weighted by molar-refractivity contribution is -0.130.